The van der Waals surface area contributed by atoms with Crippen molar-refractivity contribution in [2.45, 2.75) is 50.4 Å². The summed E-state index contributed by atoms with van der Waals surface area (Å²) >= 11 is 4.30. The van der Waals surface area contributed by atoms with Crippen molar-refractivity contribution < 1.29 is 5.11 Å². The first kappa shape index (κ1) is 9.40. The summed E-state index contributed by atoms with van der Waals surface area (Å²) in [5.74, 6) is 0.481. The van der Waals surface area contributed by atoms with Crippen molar-refractivity contribution in [3.63, 3.8) is 0 Å². The van der Waals surface area contributed by atoms with Gasteiger partial charge in [0, 0.05) is 5.25 Å². The molecule has 1 rings (SSSR count). The standard InChI is InChI=1S/C9H18OS/c1-7(11)9(2,10)8-5-3-4-6-8/h7-8,10-11H,3-6H2,1-2H3. The highest BCUT2D eigenvalue weighted by Gasteiger charge is 2.36. The quantitative estimate of drug-likeness (QED) is 0.615. The summed E-state index contributed by atoms with van der Waals surface area (Å²) in [7, 11) is 0. The zero-order chi connectivity index (χ0) is 8.48. The van der Waals surface area contributed by atoms with Crippen LogP contribution in [0.4, 0.5) is 0 Å². The molecule has 0 radical (unpaired) electrons. The molecular formula is C9H18OS. The lowest BCUT2D eigenvalue weighted by Gasteiger charge is -2.33. The summed E-state index contributed by atoms with van der Waals surface area (Å²) in [5, 5.41) is 10.1. The lowest BCUT2D eigenvalue weighted by molar-refractivity contribution is 0.00401. The van der Waals surface area contributed by atoms with Crippen LogP contribution in [-0.2, 0) is 0 Å². The fourth-order valence-corrected chi connectivity index (χ4v) is 2.06. The van der Waals surface area contributed by atoms with Crippen LogP contribution in [0.2, 0.25) is 0 Å². The van der Waals surface area contributed by atoms with Gasteiger partial charge in [0.25, 0.3) is 0 Å². The number of rotatable bonds is 2. The van der Waals surface area contributed by atoms with E-state index in [1.807, 2.05) is 13.8 Å². The second-order valence-corrected chi connectivity index (χ2v) is 4.66. The van der Waals surface area contributed by atoms with Gasteiger partial charge in [0.05, 0.1) is 5.60 Å². The Balaban J connectivity index is 2.55. The largest absolute Gasteiger partial charge is 0.389 e. The molecule has 0 aromatic carbocycles. The third kappa shape index (κ3) is 1.91. The Morgan fingerprint density at radius 2 is 1.91 bits per heavy atom. The predicted molar refractivity (Wildman–Crippen MR) is 51.0 cm³/mol. The predicted octanol–water partition coefficient (Wildman–Crippen LogP) is 2.25. The molecule has 0 bridgehead atoms. The van der Waals surface area contributed by atoms with Gasteiger partial charge in [0.2, 0.25) is 0 Å². The van der Waals surface area contributed by atoms with E-state index in [0.717, 1.165) is 0 Å². The normalized spacial score (nSPS) is 28.4. The lowest BCUT2D eigenvalue weighted by atomic mass is 9.85. The van der Waals surface area contributed by atoms with Crippen LogP contribution in [0.25, 0.3) is 0 Å². The third-order valence-corrected chi connectivity index (χ3v) is 3.55. The molecule has 2 atom stereocenters. The summed E-state index contributed by atoms with van der Waals surface area (Å²) < 4.78 is 0. The molecule has 0 heterocycles. The van der Waals surface area contributed by atoms with E-state index in [-0.39, 0.29) is 5.25 Å². The maximum atomic E-state index is 10.0. The average Bonchev–Trinajstić information content (AvgIpc) is 2.37. The van der Waals surface area contributed by atoms with Gasteiger partial charge in [0.1, 0.15) is 0 Å². The van der Waals surface area contributed by atoms with Gasteiger partial charge in [0.15, 0.2) is 0 Å². The van der Waals surface area contributed by atoms with E-state index in [1.165, 1.54) is 25.7 Å². The Morgan fingerprint density at radius 1 is 1.45 bits per heavy atom. The molecule has 0 aromatic rings. The molecular weight excluding hydrogens is 156 g/mol. The molecule has 11 heavy (non-hydrogen) atoms. The molecule has 0 amide bonds. The van der Waals surface area contributed by atoms with E-state index in [1.54, 1.807) is 0 Å². The van der Waals surface area contributed by atoms with Crippen molar-refractivity contribution in [2.24, 2.45) is 5.92 Å². The van der Waals surface area contributed by atoms with Crippen LogP contribution in [0.15, 0.2) is 0 Å². The summed E-state index contributed by atoms with van der Waals surface area (Å²) in [5.41, 5.74) is -0.556. The number of hydrogen-bond acceptors (Lipinski definition) is 2. The van der Waals surface area contributed by atoms with Crippen molar-refractivity contribution in [3.05, 3.63) is 0 Å². The Morgan fingerprint density at radius 3 is 2.27 bits per heavy atom. The minimum Gasteiger partial charge on any atom is -0.389 e. The molecule has 0 aromatic heterocycles. The molecule has 1 aliphatic carbocycles. The van der Waals surface area contributed by atoms with Crippen LogP contribution in [0.5, 0.6) is 0 Å². The maximum absolute atomic E-state index is 10.0. The first-order valence-electron chi connectivity index (χ1n) is 4.45. The lowest BCUT2D eigenvalue weighted by Crippen LogP contribution is -2.40. The van der Waals surface area contributed by atoms with Crippen LogP contribution in [0.3, 0.4) is 0 Å². The zero-order valence-electron chi connectivity index (χ0n) is 7.38. The van der Waals surface area contributed by atoms with Crippen molar-refractivity contribution >= 4 is 12.6 Å². The van der Waals surface area contributed by atoms with E-state index in [9.17, 15) is 5.11 Å². The molecule has 0 aliphatic heterocycles. The maximum Gasteiger partial charge on any atom is 0.0760 e. The van der Waals surface area contributed by atoms with Gasteiger partial charge in [-0.25, -0.2) is 0 Å². The van der Waals surface area contributed by atoms with Crippen molar-refractivity contribution in [3.8, 4) is 0 Å². The van der Waals surface area contributed by atoms with E-state index >= 15 is 0 Å². The number of hydrogen-bond donors (Lipinski definition) is 2. The number of thiol groups is 1. The third-order valence-electron chi connectivity index (χ3n) is 3.03. The van der Waals surface area contributed by atoms with E-state index in [2.05, 4.69) is 12.6 Å². The molecule has 1 fully saturated rings. The van der Waals surface area contributed by atoms with E-state index in [4.69, 9.17) is 0 Å². The molecule has 2 unspecified atom stereocenters. The molecule has 0 spiro atoms. The zero-order valence-corrected chi connectivity index (χ0v) is 8.27. The fourth-order valence-electron chi connectivity index (χ4n) is 1.85. The highest BCUT2D eigenvalue weighted by atomic mass is 32.1. The summed E-state index contributed by atoms with van der Waals surface area (Å²) in [6.45, 7) is 3.89. The second-order valence-electron chi connectivity index (χ2n) is 3.88. The minimum absolute atomic E-state index is 0.0885. The van der Waals surface area contributed by atoms with Gasteiger partial charge >= 0.3 is 0 Å². The Kier molecular flexibility index (Phi) is 2.87. The minimum atomic E-state index is -0.556. The first-order chi connectivity index (χ1) is 5.05. The molecule has 1 N–H and O–H groups in total. The van der Waals surface area contributed by atoms with Gasteiger partial charge in [-0.15, -0.1) is 0 Å². The van der Waals surface area contributed by atoms with Gasteiger partial charge in [-0.3, -0.25) is 0 Å². The fraction of sp³-hybridized carbons (Fsp3) is 1.00. The topological polar surface area (TPSA) is 20.2 Å². The smallest absolute Gasteiger partial charge is 0.0760 e. The summed E-state index contributed by atoms with van der Waals surface area (Å²) in [4.78, 5) is 0. The molecule has 2 heteroatoms. The van der Waals surface area contributed by atoms with Crippen molar-refractivity contribution in [1.82, 2.24) is 0 Å². The van der Waals surface area contributed by atoms with Crippen LogP contribution in [0.1, 0.15) is 39.5 Å². The van der Waals surface area contributed by atoms with Crippen LogP contribution in [-0.4, -0.2) is 16.0 Å². The van der Waals surface area contributed by atoms with E-state index in [0.29, 0.717) is 5.92 Å². The molecule has 0 saturated heterocycles. The highest BCUT2D eigenvalue weighted by Crippen LogP contribution is 2.37. The van der Waals surface area contributed by atoms with E-state index < -0.39 is 5.60 Å². The molecule has 66 valence electrons. The first-order valence-corrected chi connectivity index (χ1v) is 4.97. The molecule has 1 saturated carbocycles. The molecule has 1 aliphatic rings. The van der Waals surface area contributed by atoms with Crippen molar-refractivity contribution in [2.75, 3.05) is 0 Å². The Hall–Kier alpha value is 0.310. The summed E-state index contributed by atoms with van der Waals surface area (Å²) in [6, 6.07) is 0. The highest BCUT2D eigenvalue weighted by molar-refractivity contribution is 7.81. The monoisotopic (exact) mass is 174 g/mol. The van der Waals surface area contributed by atoms with Crippen molar-refractivity contribution in [1.29, 1.82) is 0 Å². The Labute approximate surface area is 74.6 Å². The van der Waals surface area contributed by atoms with Crippen LogP contribution >= 0.6 is 12.6 Å². The van der Waals surface area contributed by atoms with Gasteiger partial charge < -0.3 is 5.11 Å². The molecule has 1 nitrogen and oxygen atoms in total. The Bertz CT molecular complexity index is 126. The van der Waals surface area contributed by atoms with Crippen LogP contribution in [0, 0.1) is 5.92 Å². The number of aliphatic hydroxyl groups is 1. The second kappa shape index (κ2) is 3.36. The van der Waals surface area contributed by atoms with Gasteiger partial charge in [-0.2, -0.15) is 12.6 Å². The SMILES string of the molecule is CC(S)C(C)(O)C1CCCC1. The van der Waals surface area contributed by atoms with Gasteiger partial charge in [-0.05, 0) is 25.7 Å². The van der Waals surface area contributed by atoms with Gasteiger partial charge in [-0.1, -0.05) is 19.8 Å². The van der Waals surface area contributed by atoms with Crippen LogP contribution < -0.4 is 0 Å². The average molecular weight is 174 g/mol. The summed E-state index contributed by atoms with van der Waals surface area (Å²) in [6.07, 6.45) is 4.92.